The van der Waals surface area contributed by atoms with Gasteiger partial charge in [0.1, 0.15) is 0 Å². The molecule has 4 saturated heterocycles. The van der Waals surface area contributed by atoms with Crippen LogP contribution in [0.2, 0.25) is 0 Å². The van der Waals surface area contributed by atoms with E-state index in [1.165, 1.54) is 4.31 Å². The number of likely N-dealkylation sites (tertiary alicyclic amines) is 2. The van der Waals surface area contributed by atoms with E-state index in [-0.39, 0.29) is 76.4 Å². The van der Waals surface area contributed by atoms with Gasteiger partial charge in [-0.3, -0.25) is 28.9 Å². The van der Waals surface area contributed by atoms with Crippen molar-refractivity contribution < 1.29 is 37.1 Å². The third-order valence-electron chi connectivity index (χ3n) is 18.9. The van der Waals surface area contributed by atoms with Gasteiger partial charge in [-0.15, -0.1) is 6.58 Å². The summed E-state index contributed by atoms with van der Waals surface area (Å²) in [5, 5.41) is 3.32. The second-order valence-corrected chi connectivity index (χ2v) is 24.1. The van der Waals surface area contributed by atoms with Crippen molar-refractivity contribution >= 4 is 39.5 Å². The Kier molecular flexibility index (Phi) is 13.0. The van der Waals surface area contributed by atoms with E-state index < -0.39 is 44.9 Å². The summed E-state index contributed by atoms with van der Waals surface area (Å²) in [4.78, 5) is 78.5. The van der Waals surface area contributed by atoms with Crippen LogP contribution in [-0.4, -0.2) is 115 Å². The number of ether oxygens (including phenoxy) is 1. The molecular weight excluding hydrogens is 819 g/mol. The van der Waals surface area contributed by atoms with Gasteiger partial charge in [0, 0.05) is 57.1 Å². The maximum Gasteiger partial charge on any atom is 0.303 e. The van der Waals surface area contributed by atoms with Crippen LogP contribution in [0.1, 0.15) is 157 Å². The van der Waals surface area contributed by atoms with Crippen LogP contribution in [-0.2, 0) is 38.9 Å². The van der Waals surface area contributed by atoms with Gasteiger partial charge in [0.2, 0.25) is 17.7 Å². The first-order valence-electron chi connectivity index (χ1n) is 24.8. The lowest BCUT2D eigenvalue weighted by atomic mass is 9.67. The maximum atomic E-state index is 15.8. The van der Waals surface area contributed by atoms with Crippen LogP contribution in [0.5, 0.6) is 0 Å². The number of allylic oxidation sites excluding steroid dienone is 1. The average Bonchev–Trinajstić information content (AvgIpc) is 3.70. The molecule has 2 N–H and O–H groups in total. The average molecular weight is 896 g/mol. The number of carbonyl (C=O) groups is 5. The van der Waals surface area contributed by atoms with Crippen LogP contribution in [0.4, 0.5) is 0 Å². The Bertz CT molecular complexity index is 1910. The predicted molar refractivity (Wildman–Crippen MR) is 240 cm³/mol. The van der Waals surface area contributed by atoms with Gasteiger partial charge in [0.15, 0.2) is 11.6 Å². The van der Waals surface area contributed by atoms with Crippen LogP contribution >= 0.6 is 0 Å². The van der Waals surface area contributed by atoms with Gasteiger partial charge in [-0.25, -0.2) is 4.72 Å². The molecule has 0 aromatic carbocycles. The number of nitrogens with zero attached hydrogens (tertiary/aromatic N) is 3. The number of fused-ring (bicyclic) bond motifs is 1. The molecule has 4 heterocycles. The summed E-state index contributed by atoms with van der Waals surface area (Å²) >= 11 is 0. The Labute approximate surface area is 377 Å². The van der Waals surface area contributed by atoms with E-state index in [2.05, 4.69) is 56.1 Å². The van der Waals surface area contributed by atoms with Crippen molar-refractivity contribution in [1.82, 2.24) is 24.1 Å². The van der Waals surface area contributed by atoms with Crippen molar-refractivity contribution in [2.45, 2.75) is 181 Å². The molecular formula is C49H77N5O8S. The highest BCUT2D eigenvalue weighted by Crippen LogP contribution is 2.88. The number of hydrogen-bond donors (Lipinski definition) is 2. The largest absolute Gasteiger partial charge is 0.381 e. The number of rotatable bonds is 16. The molecule has 4 aliphatic heterocycles. The molecule has 8 aliphatic rings. The number of Topliss-reactive ketones (excluding diaryl/α,β-unsaturated/α-hetero) is 2. The fourth-order valence-corrected chi connectivity index (χ4v) is 15.6. The number of amides is 3. The highest BCUT2D eigenvalue weighted by atomic mass is 32.2. The minimum absolute atomic E-state index is 0.00683. The minimum atomic E-state index is -4.07. The predicted octanol–water partition coefficient (Wildman–Crippen LogP) is 6.11. The molecule has 0 bridgehead atoms. The molecule has 63 heavy (non-hydrogen) atoms. The number of carbonyl (C=O) groups excluding carboxylic acids is 5. The quantitative estimate of drug-likeness (QED) is 0.174. The molecule has 0 unspecified atom stereocenters. The zero-order valence-corrected chi connectivity index (χ0v) is 39.8. The Morgan fingerprint density at radius 2 is 1.46 bits per heavy atom. The summed E-state index contributed by atoms with van der Waals surface area (Å²) in [5.74, 6) is -2.42. The molecule has 7 atom stereocenters. The first-order valence-corrected chi connectivity index (χ1v) is 26.3. The molecule has 0 aromatic rings. The standard InChI is InChI=1S/C49H77N5O8S/c1-7-35-29-47(35,44(59)51-63(60,61)52-23-13-14-24-52)31-40(56)38-30-49(45(4,5)48(49)19-15-20-48)32-54(38)43(58)36(46(6)21-26-62-27-22-46)28-39(55)41(34-16-9-8-10-17-34)50-42(57)37-18-11-12-25-53(37)33(2)3/h7,33-38,41H,1,8-32H2,2-6H3,(H,50,57)(H,51,59)/t35-,36-,37+,38+,41+,47-,49-/m1/s1. The second-order valence-electron chi connectivity index (χ2n) is 22.4. The maximum absolute atomic E-state index is 15.8. The zero-order valence-electron chi connectivity index (χ0n) is 39.0. The number of piperidine rings is 1. The summed E-state index contributed by atoms with van der Waals surface area (Å²) in [6.07, 6.45) is 15.6. The van der Waals surface area contributed by atoms with Crippen LogP contribution in [0.15, 0.2) is 12.7 Å². The van der Waals surface area contributed by atoms with Crippen molar-refractivity contribution in [2.24, 2.45) is 44.8 Å². The monoisotopic (exact) mass is 896 g/mol. The zero-order chi connectivity index (χ0) is 45.2. The van der Waals surface area contributed by atoms with Gasteiger partial charge in [0.25, 0.3) is 0 Å². The fourth-order valence-electron chi connectivity index (χ4n) is 14.3. The summed E-state index contributed by atoms with van der Waals surface area (Å²) in [7, 11) is -4.07. The van der Waals surface area contributed by atoms with E-state index in [9.17, 15) is 18.0 Å². The first-order chi connectivity index (χ1) is 29.9. The highest BCUT2D eigenvalue weighted by molar-refractivity contribution is 7.87. The van der Waals surface area contributed by atoms with Gasteiger partial charge in [-0.2, -0.15) is 12.7 Å². The van der Waals surface area contributed by atoms with E-state index in [4.69, 9.17) is 4.74 Å². The SMILES string of the molecule is C=C[C@@H]1C[C@]1(CC(=O)[C@@H]1C[C@@]2(CN1C(=O)[C@@H](CC(=O)[C@@H](NC(=O)[C@@H]1CCCCN1C(C)C)C1CCCCC1)C1(C)CCOCC1)C(C)(C)C21CCC1)C(=O)NS(=O)(=O)N1CCCC1. The smallest absolute Gasteiger partial charge is 0.303 e. The van der Waals surface area contributed by atoms with Gasteiger partial charge < -0.3 is 15.0 Å². The van der Waals surface area contributed by atoms with Crippen molar-refractivity contribution in [3.8, 4) is 0 Å². The van der Waals surface area contributed by atoms with Gasteiger partial charge in [-0.1, -0.05) is 59.0 Å². The van der Waals surface area contributed by atoms with Gasteiger partial charge in [-0.05, 0) is 126 Å². The van der Waals surface area contributed by atoms with Gasteiger partial charge in [0.05, 0.1) is 29.5 Å². The van der Waals surface area contributed by atoms with Crippen molar-refractivity contribution in [3.63, 3.8) is 0 Å². The molecule has 8 fully saturated rings. The third-order valence-corrected chi connectivity index (χ3v) is 20.4. The van der Waals surface area contributed by atoms with E-state index in [1.54, 1.807) is 6.08 Å². The Hall–Kier alpha value is -2.68. The first kappa shape index (κ1) is 46.8. The van der Waals surface area contributed by atoms with E-state index in [0.717, 1.165) is 90.0 Å². The number of ketones is 2. The topological polar surface area (TPSA) is 162 Å². The summed E-state index contributed by atoms with van der Waals surface area (Å²) in [6, 6.07) is -1.61. The minimum Gasteiger partial charge on any atom is -0.381 e. The van der Waals surface area contributed by atoms with Crippen LogP contribution in [0.25, 0.3) is 0 Å². The molecule has 2 spiro atoms. The molecule has 0 aromatic heterocycles. The Morgan fingerprint density at radius 3 is 2.05 bits per heavy atom. The third kappa shape index (κ3) is 8.08. The lowest BCUT2D eigenvalue weighted by molar-refractivity contribution is -0.150. The van der Waals surface area contributed by atoms with Crippen LogP contribution < -0.4 is 10.0 Å². The Morgan fingerprint density at radius 1 is 0.810 bits per heavy atom. The summed E-state index contributed by atoms with van der Waals surface area (Å²) < 4.78 is 36.1. The summed E-state index contributed by atoms with van der Waals surface area (Å²) in [6.45, 7) is 17.7. The molecule has 4 aliphatic carbocycles. The molecule has 0 radical (unpaired) electrons. The lowest BCUT2D eigenvalue weighted by Crippen LogP contribution is -2.57. The fraction of sp³-hybridized carbons (Fsp3) is 0.857. The molecule has 352 valence electrons. The van der Waals surface area contributed by atoms with Crippen molar-refractivity contribution in [1.29, 1.82) is 0 Å². The summed E-state index contributed by atoms with van der Waals surface area (Å²) in [5.41, 5.74) is -2.23. The Balaban J connectivity index is 1.09. The number of hydrogen-bond acceptors (Lipinski definition) is 9. The van der Waals surface area contributed by atoms with Crippen molar-refractivity contribution in [2.75, 3.05) is 39.4 Å². The second kappa shape index (κ2) is 17.5. The molecule has 8 rings (SSSR count). The van der Waals surface area contributed by atoms with Gasteiger partial charge >= 0.3 is 10.2 Å². The van der Waals surface area contributed by atoms with Crippen LogP contribution in [0, 0.1) is 44.8 Å². The molecule has 14 heteroatoms. The highest BCUT2D eigenvalue weighted by Gasteiger charge is 2.85. The van der Waals surface area contributed by atoms with E-state index >= 15 is 14.4 Å². The molecule has 13 nitrogen and oxygen atoms in total. The van der Waals surface area contributed by atoms with Crippen molar-refractivity contribution in [3.05, 3.63) is 12.7 Å². The van der Waals surface area contributed by atoms with E-state index in [0.29, 0.717) is 58.5 Å². The normalized spacial score (nSPS) is 33.7. The van der Waals surface area contributed by atoms with E-state index in [1.807, 2.05) is 4.90 Å². The molecule has 3 amide bonds. The number of nitrogens with one attached hydrogen (secondary N) is 2. The molecule has 4 saturated carbocycles. The van der Waals surface area contributed by atoms with Crippen LogP contribution in [0.3, 0.4) is 0 Å². The lowest BCUT2D eigenvalue weighted by Gasteiger charge is -2.43.